The van der Waals surface area contributed by atoms with Crippen molar-refractivity contribution in [3.63, 3.8) is 0 Å². The van der Waals surface area contributed by atoms with Gasteiger partial charge in [0.05, 0.1) is 13.2 Å². The number of hydrogen-bond acceptors (Lipinski definition) is 3. The molecule has 0 aliphatic carbocycles. The molecule has 0 spiro atoms. The maximum Gasteiger partial charge on any atom is 0.304 e. The average molecular weight is 156 g/mol. The Labute approximate surface area is 56.0 Å². The molecule has 1 unspecified atom stereocenters. The van der Waals surface area contributed by atoms with Crippen molar-refractivity contribution in [2.75, 3.05) is 19.9 Å². The largest absolute Gasteiger partial charge is 0.304 e. The van der Waals surface area contributed by atoms with E-state index in [9.17, 15) is 8.60 Å². The fraction of sp³-hybridized carbons (Fsp3) is 1.00. The second-order valence-electron chi connectivity index (χ2n) is 1.12. The summed E-state index contributed by atoms with van der Waals surface area (Å²) in [5.41, 5.74) is 0. The molecule has 0 rings (SSSR count). The van der Waals surface area contributed by atoms with E-state index < -0.39 is 18.0 Å². The summed E-state index contributed by atoms with van der Waals surface area (Å²) in [5.74, 6) is 0. The SMILES string of the molecule is CCOS(=O)OCCF. The monoisotopic (exact) mass is 156 g/mol. The Bertz CT molecular complexity index is 87.9. The van der Waals surface area contributed by atoms with Crippen molar-refractivity contribution >= 4 is 11.4 Å². The van der Waals surface area contributed by atoms with Crippen LogP contribution in [-0.2, 0) is 19.7 Å². The third-order valence-electron chi connectivity index (χ3n) is 0.471. The van der Waals surface area contributed by atoms with Crippen LogP contribution in [0.5, 0.6) is 0 Å². The van der Waals surface area contributed by atoms with Gasteiger partial charge in [-0.05, 0) is 6.92 Å². The number of halogens is 1. The summed E-state index contributed by atoms with van der Waals surface area (Å²) in [6.45, 7) is 1.17. The maximum absolute atomic E-state index is 11.3. The van der Waals surface area contributed by atoms with Gasteiger partial charge in [0.2, 0.25) is 0 Å². The van der Waals surface area contributed by atoms with Crippen molar-refractivity contribution in [1.82, 2.24) is 0 Å². The minimum atomic E-state index is -1.76. The Balaban J connectivity index is 3.06. The summed E-state index contributed by atoms with van der Waals surface area (Å²) in [6, 6.07) is 0. The van der Waals surface area contributed by atoms with E-state index in [1.54, 1.807) is 6.92 Å². The molecule has 0 N–H and O–H groups in total. The van der Waals surface area contributed by atoms with Crippen LogP contribution < -0.4 is 0 Å². The van der Waals surface area contributed by atoms with Gasteiger partial charge in [0.25, 0.3) is 0 Å². The van der Waals surface area contributed by atoms with Gasteiger partial charge in [-0.3, -0.25) is 8.37 Å². The Kier molecular flexibility index (Phi) is 6.12. The summed E-state index contributed by atoms with van der Waals surface area (Å²) >= 11 is -1.76. The molecule has 5 heteroatoms. The topological polar surface area (TPSA) is 35.5 Å². The van der Waals surface area contributed by atoms with E-state index in [-0.39, 0.29) is 6.61 Å². The lowest BCUT2D eigenvalue weighted by molar-refractivity contribution is 0.238. The standard InChI is InChI=1S/C4H9FO3S/c1-2-7-9(6)8-4-3-5/h2-4H2,1H3. The lowest BCUT2D eigenvalue weighted by Crippen LogP contribution is -2.03. The zero-order chi connectivity index (χ0) is 7.11. The molecule has 0 aliphatic heterocycles. The highest BCUT2D eigenvalue weighted by molar-refractivity contribution is 7.75. The number of hydrogen-bond donors (Lipinski definition) is 0. The second kappa shape index (κ2) is 6.12. The summed E-state index contributed by atoms with van der Waals surface area (Å²) in [6.07, 6.45) is 0. The molecule has 56 valence electrons. The Hall–Kier alpha value is -0.0000000000000000278. The Morgan fingerprint density at radius 3 is 2.67 bits per heavy atom. The highest BCUT2D eigenvalue weighted by Crippen LogP contribution is 1.87. The zero-order valence-electron chi connectivity index (χ0n) is 5.13. The van der Waals surface area contributed by atoms with E-state index in [0.29, 0.717) is 6.61 Å². The van der Waals surface area contributed by atoms with Crippen molar-refractivity contribution in [2.24, 2.45) is 0 Å². The fourth-order valence-corrected chi connectivity index (χ4v) is 0.689. The van der Waals surface area contributed by atoms with Gasteiger partial charge in [-0.2, -0.15) is 4.21 Å². The normalized spacial score (nSPS) is 13.6. The van der Waals surface area contributed by atoms with Crippen molar-refractivity contribution in [2.45, 2.75) is 6.92 Å². The van der Waals surface area contributed by atoms with Crippen molar-refractivity contribution < 1.29 is 17.0 Å². The molecule has 0 aromatic carbocycles. The average Bonchev–Trinajstić information content (AvgIpc) is 1.85. The van der Waals surface area contributed by atoms with Gasteiger partial charge in [-0.15, -0.1) is 0 Å². The predicted molar refractivity (Wildman–Crippen MR) is 31.7 cm³/mol. The van der Waals surface area contributed by atoms with E-state index in [1.807, 2.05) is 0 Å². The van der Waals surface area contributed by atoms with Crippen LogP contribution in [0.4, 0.5) is 4.39 Å². The molecular formula is C4H9FO3S. The molecule has 3 nitrogen and oxygen atoms in total. The molecule has 0 heterocycles. The summed E-state index contributed by atoms with van der Waals surface area (Å²) in [7, 11) is 0. The van der Waals surface area contributed by atoms with Crippen LogP contribution in [0.25, 0.3) is 0 Å². The quantitative estimate of drug-likeness (QED) is 0.584. The Morgan fingerprint density at radius 1 is 1.56 bits per heavy atom. The third-order valence-corrected chi connectivity index (χ3v) is 1.26. The lowest BCUT2D eigenvalue weighted by Gasteiger charge is -1.96. The van der Waals surface area contributed by atoms with Gasteiger partial charge >= 0.3 is 11.4 Å². The first-order chi connectivity index (χ1) is 4.31. The van der Waals surface area contributed by atoms with Crippen LogP contribution >= 0.6 is 0 Å². The van der Waals surface area contributed by atoms with Crippen molar-refractivity contribution in [3.8, 4) is 0 Å². The second-order valence-corrected chi connectivity index (χ2v) is 2.00. The minimum Gasteiger partial charge on any atom is -0.269 e. The van der Waals surface area contributed by atoms with Gasteiger partial charge in [0.15, 0.2) is 0 Å². The maximum atomic E-state index is 11.3. The van der Waals surface area contributed by atoms with E-state index in [1.165, 1.54) is 0 Å². The first-order valence-electron chi connectivity index (χ1n) is 2.55. The highest BCUT2D eigenvalue weighted by Gasteiger charge is 1.96. The van der Waals surface area contributed by atoms with Crippen LogP contribution in [0.2, 0.25) is 0 Å². The molecular weight excluding hydrogens is 147 g/mol. The number of alkyl halides is 1. The summed E-state index contributed by atoms with van der Waals surface area (Å²) in [5, 5.41) is 0. The molecule has 0 bridgehead atoms. The first kappa shape index (κ1) is 9.00. The molecule has 0 amide bonds. The van der Waals surface area contributed by atoms with Gasteiger partial charge in [-0.1, -0.05) is 0 Å². The van der Waals surface area contributed by atoms with Crippen LogP contribution in [0.3, 0.4) is 0 Å². The van der Waals surface area contributed by atoms with Crippen molar-refractivity contribution in [1.29, 1.82) is 0 Å². The molecule has 9 heavy (non-hydrogen) atoms. The van der Waals surface area contributed by atoms with Crippen LogP contribution in [-0.4, -0.2) is 24.1 Å². The van der Waals surface area contributed by atoms with Crippen LogP contribution in [0.1, 0.15) is 6.92 Å². The lowest BCUT2D eigenvalue weighted by atomic mass is 10.9. The summed E-state index contributed by atoms with van der Waals surface area (Å²) < 4.78 is 30.3. The van der Waals surface area contributed by atoms with Gasteiger partial charge in [0, 0.05) is 0 Å². The molecule has 0 aromatic rings. The smallest absolute Gasteiger partial charge is 0.269 e. The Morgan fingerprint density at radius 2 is 2.22 bits per heavy atom. The third kappa shape index (κ3) is 5.88. The van der Waals surface area contributed by atoms with Crippen LogP contribution in [0.15, 0.2) is 0 Å². The zero-order valence-corrected chi connectivity index (χ0v) is 5.95. The van der Waals surface area contributed by atoms with Crippen LogP contribution in [0, 0.1) is 0 Å². The van der Waals surface area contributed by atoms with Gasteiger partial charge < -0.3 is 0 Å². The van der Waals surface area contributed by atoms with E-state index >= 15 is 0 Å². The molecule has 0 fully saturated rings. The van der Waals surface area contributed by atoms with E-state index in [0.717, 1.165) is 0 Å². The molecule has 0 saturated carbocycles. The predicted octanol–water partition coefficient (Wildman–Crippen LogP) is 0.588. The fourth-order valence-electron chi connectivity index (χ4n) is 0.230. The van der Waals surface area contributed by atoms with E-state index in [4.69, 9.17) is 0 Å². The van der Waals surface area contributed by atoms with Gasteiger partial charge in [-0.25, -0.2) is 4.39 Å². The van der Waals surface area contributed by atoms with E-state index in [2.05, 4.69) is 8.37 Å². The molecule has 1 atom stereocenters. The molecule has 0 saturated heterocycles. The molecule has 0 radical (unpaired) electrons. The molecule has 0 aliphatic rings. The summed E-state index contributed by atoms with van der Waals surface area (Å²) in [4.78, 5) is 0. The van der Waals surface area contributed by atoms with Crippen molar-refractivity contribution in [3.05, 3.63) is 0 Å². The highest BCUT2D eigenvalue weighted by atomic mass is 32.2. The first-order valence-corrected chi connectivity index (χ1v) is 3.55. The van der Waals surface area contributed by atoms with Gasteiger partial charge in [0.1, 0.15) is 6.67 Å². The molecule has 0 aromatic heterocycles. The minimum absolute atomic E-state index is 0.174. The number of rotatable bonds is 5.